The largest absolute Gasteiger partial charge is 0.496 e. The molecule has 0 spiro atoms. The van der Waals surface area contributed by atoms with Gasteiger partial charge in [0.25, 0.3) is 5.56 Å². The van der Waals surface area contributed by atoms with Crippen LogP contribution in [0.3, 0.4) is 0 Å². The Hall–Kier alpha value is -3.41. The normalized spacial score (nSPS) is 11.7. The molecule has 0 radical (unpaired) electrons. The van der Waals surface area contributed by atoms with Crippen LogP contribution >= 0.6 is 0 Å². The van der Waals surface area contributed by atoms with Gasteiger partial charge in [0.2, 0.25) is 5.91 Å². The third kappa shape index (κ3) is 5.35. The van der Waals surface area contributed by atoms with Crippen LogP contribution in [0.15, 0.2) is 71.5 Å². The quantitative estimate of drug-likeness (QED) is 0.577. The average Bonchev–Trinajstić information content (AvgIpc) is 2.75. The van der Waals surface area contributed by atoms with E-state index in [0.717, 1.165) is 16.9 Å². The minimum atomic E-state index is -0.286. The Labute approximate surface area is 176 Å². The standard InChI is InChI=1S/C24H27N3O3/c1-18-13-14-23(28)27(25-18)17-24(29)26(16-20-9-5-4-6-10-20)19(2)15-21-11-7-8-12-22(21)30-3/h4-14,19H,15-17H2,1-3H3. The van der Waals surface area contributed by atoms with Crippen molar-refractivity contribution in [3.63, 3.8) is 0 Å². The number of amides is 1. The molecule has 0 aliphatic heterocycles. The van der Waals surface area contributed by atoms with Gasteiger partial charge in [0.15, 0.2) is 0 Å². The van der Waals surface area contributed by atoms with Crippen LogP contribution in [0.5, 0.6) is 5.75 Å². The summed E-state index contributed by atoms with van der Waals surface area (Å²) >= 11 is 0. The summed E-state index contributed by atoms with van der Waals surface area (Å²) in [4.78, 5) is 27.2. The van der Waals surface area contributed by atoms with E-state index in [4.69, 9.17) is 4.74 Å². The third-order valence-electron chi connectivity index (χ3n) is 5.04. The van der Waals surface area contributed by atoms with Crippen molar-refractivity contribution in [1.82, 2.24) is 14.7 Å². The van der Waals surface area contributed by atoms with Crippen molar-refractivity contribution in [1.29, 1.82) is 0 Å². The summed E-state index contributed by atoms with van der Waals surface area (Å²) in [5.41, 5.74) is 2.47. The number of nitrogens with zero attached hydrogens (tertiary/aromatic N) is 3. The fraction of sp³-hybridized carbons (Fsp3) is 0.292. The maximum Gasteiger partial charge on any atom is 0.267 e. The van der Waals surface area contributed by atoms with E-state index in [9.17, 15) is 9.59 Å². The van der Waals surface area contributed by atoms with Gasteiger partial charge in [0, 0.05) is 18.7 Å². The van der Waals surface area contributed by atoms with Crippen molar-refractivity contribution in [2.45, 2.75) is 39.4 Å². The van der Waals surface area contributed by atoms with E-state index in [1.807, 2.05) is 61.5 Å². The second-order valence-corrected chi connectivity index (χ2v) is 7.34. The van der Waals surface area contributed by atoms with Crippen molar-refractivity contribution >= 4 is 5.91 Å². The van der Waals surface area contributed by atoms with E-state index in [0.29, 0.717) is 18.7 Å². The lowest BCUT2D eigenvalue weighted by Crippen LogP contribution is -2.43. The molecule has 0 aliphatic carbocycles. The van der Waals surface area contributed by atoms with Crippen LogP contribution in [0.1, 0.15) is 23.7 Å². The molecule has 0 N–H and O–H groups in total. The van der Waals surface area contributed by atoms with Gasteiger partial charge in [-0.1, -0.05) is 48.5 Å². The molecular weight excluding hydrogens is 378 g/mol. The zero-order chi connectivity index (χ0) is 21.5. The van der Waals surface area contributed by atoms with E-state index in [-0.39, 0.29) is 24.1 Å². The first kappa shape index (κ1) is 21.3. The second-order valence-electron chi connectivity index (χ2n) is 7.34. The Bertz CT molecular complexity index is 1050. The lowest BCUT2D eigenvalue weighted by molar-refractivity contribution is -0.134. The SMILES string of the molecule is COc1ccccc1CC(C)N(Cc1ccccc1)C(=O)Cn1nc(C)ccc1=O. The highest BCUT2D eigenvalue weighted by Crippen LogP contribution is 2.21. The molecule has 0 saturated carbocycles. The summed E-state index contributed by atoms with van der Waals surface area (Å²) in [6.07, 6.45) is 0.638. The molecule has 3 rings (SSSR count). The van der Waals surface area contributed by atoms with E-state index in [1.165, 1.54) is 10.7 Å². The van der Waals surface area contributed by atoms with Crippen molar-refractivity contribution < 1.29 is 9.53 Å². The van der Waals surface area contributed by atoms with E-state index in [1.54, 1.807) is 25.0 Å². The first-order valence-electron chi connectivity index (χ1n) is 9.98. The number of rotatable bonds is 8. The van der Waals surface area contributed by atoms with Gasteiger partial charge >= 0.3 is 0 Å². The smallest absolute Gasteiger partial charge is 0.267 e. The summed E-state index contributed by atoms with van der Waals surface area (Å²) in [5, 5.41) is 4.21. The molecule has 30 heavy (non-hydrogen) atoms. The predicted molar refractivity (Wildman–Crippen MR) is 116 cm³/mol. The molecule has 1 aromatic heterocycles. The first-order chi connectivity index (χ1) is 14.5. The molecule has 3 aromatic rings. The topological polar surface area (TPSA) is 64.4 Å². The van der Waals surface area contributed by atoms with Gasteiger partial charge in [-0.05, 0) is 43.5 Å². The first-order valence-corrected chi connectivity index (χ1v) is 9.98. The average molecular weight is 405 g/mol. The lowest BCUT2D eigenvalue weighted by atomic mass is 10.0. The molecule has 1 amide bonds. The molecule has 1 unspecified atom stereocenters. The van der Waals surface area contributed by atoms with Crippen molar-refractivity contribution in [3.8, 4) is 5.75 Å². The van der Waals surface area contributed by atoms with Gasteiger partial charge in [-0.25, -0.2) is 4.68 Å². The lowest BCUT2D eigenvalue weighted by Gasteiger charge is -2.30. The Kier molecular flexibility index (Phi) is 7.01. The highest BCUT2D eigenvalue weighted by atomic mass is 16.5. The molecule has 6 nitrogen and oxygen atoms in total. The van der Waals surface area contributed by atoms with Gasteiger partial charge < -0.3 is 9.64 Å². The summed E-state index contributed by atoms with van der Waals surface area (Å²) in [5.74, 6) is 0.648. The molecule has 0 bridgehead atoms. The minimum Gasteiger partial charge on any atom is -0.496 e. The van der Waals surface area contributed by atoms with Gasteiger partial charge in [-0.3, -0.25) is 9.59 Å². The van der Waals surface area contributed by atoms with Crippen LogP contribution in [0.2, 0.25) is 0 Å². The summed E-state index contributed by atoms with van der Waals surface area (Å²) in [7, 11) is 1.65. The highest BCUT2D eigenvalue weighted by Gasteiger charge is 2.23. The van der Waals surface area contributed by atoms with E-state index in [2.05, 4.69) is 5.10 Å². The van der Waals surface area contributed by atoms with Crippen molar-refractivity contribution in [2.24, 2.45) is 0 Å². The number of methoxy groups -OCH3 is 1. The number of hydrogen-bond donors (Lipinski definition) is 0. The predicted octanol–water partition coefficient (Wildman–Crippen LogP) is 3.22. The number of aryl methyl sites for hydroxylation is 1. The molecule has 156 valence electrons. The number of aromatic nitrogens is 2. The van der Waals surface area contributed by atoms with Gasteiger partial charge in [0.1, 0.15) is 12.3 Å². The molecule has 1 atom stereocenters. The molecule has 1 heterocycles. The van der Waals surface area contributed by atoms with Crippen LogP contribution in [0, 0.1) is 6.92 Å². The van der Waals surface area contributed by atoms with E-state index < -0.39 is 0 Å². The second kappa shape index (κ2) is 9.87. The van der Waals surface area contributed by atoms with Crippen molar-refractivity contribution in [3.05, 3.63) is 93.9 Å². The zero-order valence-electron chi connectivity index (χ0n) is 17.6. The van der Waals surface area contributed by atoms with Gasteiger partial charge in [-0.2, -0.15) is 5.10 Å². The maximum atomic E-state index is 13.3. The fourth-order valence-electron chi connectivity index (χ4n) is 3.45. The van der Waals surface area contributed by atoms with Crippen molar-refractivity contribution in [2.75, 3.05) is 7.11 Å². The van der Waals surface area contributed by atoms with Crippen LogP contribution in [0.25, 0.3) is 0 Å². The Morgan fingerprint density at radius 3 is 2.50 bits per heavy atom. The van der Waals surface area contributed by atoms with Crippen LogP contribution in [0.4, 0.5) is 0 Å². The molecule has 0 saturated heterocycles. The highest BCUT2D eigenvalue weighted by molar-refractivity contribution is 5.76. The molecule has 6 heteroatoms. The minimum absolute atomic E-state index is 0.0936. The summed E-state index contributed by atoms with van der Waals surface area (Å²) < 4.78 is 6.70. The Morgan fingerprint density at radius 1 is 1.07 bits per heavy atom. The monoisotopic (exact) mass is 405 g/mol. The number of hydrogen-bond acceptors (Lipinski definition) is 4. The van der Waals surface area contributed by atoms with Crippen LogP contribution in [-0.4, -0.2) is 33.7 Å². The number of ether oxygens (including phenoxy) is 1. The Morgan fingerprint density at radius 2 is 1.77 bits per heavy atom. The number of para-hydroxylation sites is 1. The third-order valence-corrected chi connectivity index (χ3v) is 5.04. The van der Waals surface area contributed by atoms with E-state index >= 15 is 0 Å². The zero-order valence-corrected chi connectivity index (χ0v) is 17.6. The summed E-state index contributed by atoms with van der Waals surface area (Å²) in [6, 6.07) is 20.6. The summed E-state index contributed by atoms with van der Waals surface area (Å²) in [6.45, 7) is 4.17. The van der Waals surface area contributed by atoms with Crippen LogP contribution in [-0.2, 0) is 24.3 Å². The van der Waals surface area contributed by atoms with Gasteiger partial charge in [-0.15, -0.1) is 0 Å². The molecular formula is C24H27N3O3. The molecule has 0 aliphatic rings. The number of carbonyl (C=O) groups is 1. The Balaban J connectivity index is 1.86. The molecule has 0 fully saturated rings. The maximum absolute atomic E-state index is 13.3. The van der Waals surface area contributed by atoms with Gasteiger partial charge in [0.05, 0.1) is 12.8 Å². The fourth-order valence-corrected chi connectivity index (χ4v) is 3.45. The van der Waals surface area contributed by atoms with Crippen LogP contribution < -0.4 is 10.3 Å². The number of carbonyl (C=O) groups excluding carboxylic acids is 1. The number of benzene rings is 2. The molecule has 2 aromatic carbocycles.